The van der Waals surface area contributed by atoms with Crippen molar-refractivity contribution in [2.24, 2.45) is 11.3 Å². The fourth-order valence-corrected chi connectivity index (χ4v) is 5.04. The van der Waals surface area contributed by atoms with Crippen LogP contribution in [0.4, 0.5) is 5.69 Å². The fraction of sp³-hybridized carbons (Fsp3) is 0.536. The molecule has 0 fully saturated rings. The van der Waals surface area contributed by atoms with Gasteiger partial charge in [0, 0.05) is 18.3 Å². The molecule has 2 atom stereocenters. The zero-order chi connectivity index (χ0) is 26.9. The van der Waals surface area contributed by atoms with Crippen molar-refractivity contribution in [3.63, 3.8) is 0 Å². The van der Waals surface area contributed by atoms with E-state index in [1.807, 2.05) is 36.4 Å². The van der Waals surface area contributed by atoms with Gasteiger partial charge in [0.25, 0.3) is 0 Å². The number of benzene rings is 2. The topological polar surface area (TPSA) is 93.7 Å². The summed E-state index contributed by atoms with van der Waals surface area (Å²) in [6.45, 7) is 8.60. The molecule has 0 saturated heterocycles. The van der Waals surface area contributed by atoms with Crippen molar-refractivity contribution in [1.82, 2.24) is 4.72 Å². The minimum atomic E-state index is -3.31. The number of carbonyl (C=O) groups is 1. The summed E-state index contributed by atoms with van der Waals surface area (Å²) >= 11 is 0. The Morgan fingerprint density at radius 2 is 1.75 bits per heavy atom. The van der Waals surface area contributed by atoms with Crippen LogP contribution >= 0.6 is 0 Å². The smallest absolute Gasteiger partial charge is 0.228 e. The van der Waals surface area contributed by atoms with Gasteiger partial charge in [0.15, 0.2) is 0 Å². The lowest BCUT2D eigenvalue weighted by Gasteiger charge is -2.37. The lowest BCUT2D eigenvalue weighted by Crippen LogP contribution is -2.38. The van der Waals surface area contributed by atoms with Gasteiger partial charge in [-0.25, -0.2) is 13.1 Å². The van der Waals surface area contributed by atoms with E-state index in [4.69, 9.17) is 9.47 Å². The van der Waals surface area contributed by atoms with Crippen LogP contribution in [-0.4, -0.2) is 34.8 Å². The summed E-state index contributed by atoms with van der Waals surface area (Å²) in [7, 11) is -0.0483. The molecule has 0 saturated carbocycles. The van der Waals surface area contributed by atoms with Crippen molar-refractivity contribution in [3.8, 4) is 11.5 Å². The van der Waals surface area contributed by atoms with Gasteiger partial charge in [-0.15, -0.1) is 0 Å². The van der Waals surface area contributed by atoms with Gasteiger partial charge in [0.05, 0.1) is 26.4 Å². The van der Waals surface area contributed by atoms with Crippen LogP contribution in [0, 0.1) is 11.3 Å². The number of carbonyl (C=O) groups excluding carboxylic acids is 1. The number of hydrogen-bond acceptors (Lipinski definition) is 5. The molecule has 8 heteroatoms. The quantitative estimate of drug-likeness (QED) is 0.331. The summed E-state index contributed by atoms with van der Waals surface area (Å²) in [5.74, 6) is 0.947. The SMILES string of the molecule is CCCCCC(c1ccc(OC)cc1OC)C(C(=O)Nc1cccc(CNS(C)(=O)=O)c1)C(C)(C)C. The number of sulfonamides is 1. The summed E-state index contributed by atoms with van der Waals surface area (Å²) < 4.78 is 36.6. The average molecular weight is 519 g/mol. The summed E-state index contributed by atoms with van der Waals surface area (Å²) in [6.07, 6.45) is 5.15. The third-order valence-corrected chi connectivity index (χ3v) is 6.98. The Labute approximate surface area is 217 Å². The molecule has 2 N–H and O–H groups in total. The number of ether oxygens (including phenoxy) is 2. The molecular formula is C28H42N2O5S. The molecule has 2 aromatic rings. The molecule has 0 heterocycles. The number of anilines is 1. The average Bonchev–Trinajstić information content (AvgIpc) is 2.80. The first-order valence-electron chi connectivity index (χ1n) is 12.5. The molecular weight excluding hydrogens is 476 g/mol. The third kappa shape index (κ3) is 8.82. The second-order valence-corrected chi connectivity index (χ2v) is 12.2. The monoisotopic (exact) mass is 518 g/mol. The van der Waals surface area contributed by atoms with E-state index in [2.05, 4.69) is 37.7 Å². The molecule has 0 aromatic heterocycles. The highest BCUT2D eigenvalue weighted by Gasteiger charge is 2.39. The van der Waals surface area contributed by atoms with E-state index in [-0.39, 0.29) is 29.7 Å². The number of methoxy groups -OCH3 is 2. The number of rotatable bonds is 13. The highest BCUT2D eigenvalue weighted by atomic mass is 32.2. The first-order chi connectivity index (χ1) is 16.9. The van der Waals surface area contributed by atoms with E-state index in [1.54, 1.807) is 20.3 Å². The Morgan fingerprint density at radius 1 is 1.03 bits per heavy atom. The molecule has 0 aliphatic rings. The van der Waals surface area contributed by atoms with Gasteiger partial charge in [0.1, 0.15) is 11.5 Å². The number of unbranched alkanes of at least 4 members (excludes halogenated alkanes) is 2. The molecule has 200 valence electrons. The van der Waals surface area contributed by atoms with Gasteiger partial charge in [-0.3, -0.25) is 4.79 Å². The number of amides is 1. The Morgan fingerprint density at radius 3 is 2.33 bits per heavy atom. The maximum Gasteiger partial charge on any atom is 0.228 e. The maximum absolute atomic E-state index is 13.9. The van der Waals surface area contributed by atoms with Crippen LogP contribution in [0.3, 0.4) is 0 Å². The molecule has 0 bridgehead atoms. The molecule has 7 nitrogen and oxygen atoms in total. The lowest BCUT2D eigenvalue weighted by atomic mass is 9.68. The van der Waals surface area contributed by atoms with E-state index >= 15 is 0 Å². The van der Waals surface area contributed by atoms with Gasteiger partial charge in [-0.1, -0.05) is 65.2 Å². The molecule has 0 spiro atoms. The van der Waals surface area contributed by atoms with E-state index in [0.717, 1.165) is 43.1 Å². The first-order valence-corrected chi connectivity index (χ1v) is 14.3. The van der Waals surface area contributed by atoms with Crippen molar-refractivity contribution in [3.05, 3.63) is 53.6 Å². The highest BCUT2D eigenvalue weighted by molar-refractivity contribution is 7.88. The van der Waals surface area contributed by atoms with Crippen molar-refractivity contribution >= 4 is 21.6 Å². The van der Waals surface area contributed by atoms with Gasteiger partial charge in [-0.05, 0) is 47.1 Å². The molecule has 0 aliphatic heterocycles. The zero-order valence-corrected chi connectivity index (χ0v) is 23.5. The molecule has 1 amide bonds. The Hall–Kier alpha value is -2.58. The van der Waals surface area contributed by atoms with Crippen molar-refractivity contribution in [1.29, 1.82) is 0 Å². The van der Waals surface area contributed by atoms with E-state index in [9.17, 15) is 13.2 Å². The second kappa shape index (κ2) is 13.1. The van der Waals surface area contributed by atoms with Gasteiger partial charge in [-0.2, -0.15) is 0 Å². The summed E-state index contributed by atoms with van der Waals surface area (Å²) in [6, 6.07) is 13.1. The predicted octanol–water partition coefficient (Wildman–Crippen LogP) is 5.72. The van der Waals surface area contributed by atoms with Crippen LogP contribution in [0.2, 0.25) is 0 Å². The Bertz CT molecular complexity index is 1110. The predicted molar refractivity (Wildman–Crippen MR) is 146 cm³/mol. The minimum Gasteiger partial charge on any atom is -0.497 e. The van der Waals surface area contributed by atoms with Crippen LogP contribution in [0.25, 0.3) is 0 Å². The van der Waals surface area contributed by atoms with Crippen LogP contribution in [0.15, 0.2) is 42.5 Å². The molecule has 2 aromatic carbocycles. The molecule has 0 aliphatic carbocycles. The summed E-state index contributed by atoms with van der Waals surface area (Å²) in [5.41, 5.74) is 2.06. The van der Waals surface area contributed by atoms with Gasteiger partial charge < -0.3 is 14.8 Å². The minimum absolute atomic E-state index is 0.0625. The summed E-state index contributed by atoms with van der Waals surface area (Å²) in [5, 5.41) is 3.11. The molecule has 2 unspecified atom stereocenters. The normalized spacial score (nSPS) is 13.6. The van der Waals surface area contributed by atoms with Crippen LogP contribution in [0.1, 0.15) is 70.4 Å². The third-order valence-electron chi connectivity index (χ3n) is 6.31. The first kappa shape index (κ1) is 29.6. The highest BCUT2D eigenvalue weighted by Crippen LogP contribution is 2.45. The second-order valence-electron chi connectivity index (χ2n) is 10.3. The lowest BCUT2D eigenvalue weighted by molar-refractivity contribution is -0.124. The fourth-order valence-electron chi connectivity index (χ4n) is 4.61. The number of nitrogens with one attached hydrogen (secondary N) is 2. The van der Waals surface area contributed by atoms with Crippen LogP contribution in [0.5, 0.6) is 11.5 Å². The van der Waals surface area contributed by atoms with E-state index < -0.39 is 10.0 Å². The largest absolute Gasteiger partial charge is 0.497 e. The van der Waals surface area contributed by atoms with Gasteiger partial charge in [0.2, 0.25) is 15.9 Å². The van der Waals surface area contributed by atoms with Crippen molar-refractivity contribution in [2.45, 2.75) is 65.8 Å². The molecule has 2 rings (SSSR count). The molecule has 36 heavy (non-hydrogen) atoms. The van der Waals surface area contributed by atoms with E-state index in [1.165, 1.54) is 0 Å². The van der Waals surface area contributed by atoms with Crippen molar-refractivity contribution < 1.29 is 22.7 Å². The number of hydrogen-bond donors (Lipinski definition) is 2. The maximum atomic E-state index is 13.9. The van der Waals surface area contributed by atoms with Crippen molar-refractivity contribution in [2.75, 3.05) is 25.8 Å². The Balaban J connectivity index is 2.43. The van der Waals surface area contributed by atoms with Crippen LogP contribution in [-0.2, 0) is 21.4 Å². The molecule has 0 radical (unpaired) electrons. The zero-order valence-electron chi connectivity index (χ0n) is 22.7. The standard InChI is InChI=1S/C28H42N2O5S/c1-8-9-10-14-24(23-16-15-22(34-5)18-25(23)35-6)26(28(2,3)4)27(31)30-21-13-11-12-20(17-21)19-29-36(7,32)33/h11-13,15-18,24,26,29H,8-10,14,19H2,1-7H3,(H,30,31). The Kier molecular flexibility index (Phi) is 10.8. The summed E-state index contributed by atoms with van der Waals surface area (Å²) in [4.78, 5) is 13.9. The van der Waals surface area contributed by atoms with Gasteiger partial charge >= 0.3 is 0 Å². The van der Waals surface area contributed by atoms with Crippen LogP contribution < -0.4 is 19.5 Å². The van der Waals surface area contributed by atoms with E-state index in [0.29, 0.717) is 17.2 Å².